The fourth-order valence-corrected chi connectivity index (χ4v) is 3.25. The molecule has 1 fully saturated rings. The van der Waals surface area contributed by atoms with E-state index in [1.54, 1.807) is 0 Å². The Morgan fingerprint density at radius 1 is 1.21 bits per heavy atom. The number of hydrogen-bond donors (Lipinski definition) is 1. The molecule has 1 aromatic rings. The molecule has 7 heteroatoms. The summed E-state index contributed by atoms with van der Waals surface area (Å²) in [5, 5.41) is 0. The van der Waals surface area contributed by atoms with Crippen LogP contribution in [-0.4, -0.2) is 61.8 Å². The number of methoxy groups -OCH3 is 1. The van der Waals surface area contributed by atoms with Gasteiger partial charge in [-0.1, -0.05) is 51.1 Å². The van der Waals surface area contributed by atoms with Crippen LogP contribution in [0.3, 0.4) is 0 Å². The van der Waals surface area contributed by atoms with Gasteiger partial charge in [0.1, 0.15) is 6.04 Å². The van der Waals surface area contributed by atoms with Gasteiger partial charge < -0.3 is 24.8 Å². The highest BCUT2D eigenvalue weighted by molar-refractivity contribution is 5.88. The number of esters is 1. The zero-order valence-electron chi connectivity index (χ0n) is 17.9. The highest BCUT2D eigenvalue weighted by Crippen LogP contribution is 2.26. The summed E-state index contributed by atoms with van der Waals surface area (Å²) < 4.78 is 16.4. The predicted molar refractivity (Wildman–Crippen MR) is 110 cm³/mol. The zero-order chi connectivity index (χ0) is 21.4. The Hall–Kier alpha value is -1.96. The highest BCUT2D eigenvalue weighted by Gasteiger charge is 2.44. The fourth-order valence-electron chi connectivity index (χ4n) is 3.25. The molecule has 3 atom stereocenters. The quantitative estimate of drug-likeness (QED) is 0.499. The van der Waals surface area contributed by atoms with E-state index in [1.807, 2.05) is 51.1 Å². The van der Waals surface area contributed by atoms with Crippen molar-refractivity contribution in [1.29, 1.82) is 0 Å². The number of likely N-dealkylation sites (tertiary alicyclic amines) is 1. The van der Waals surface area contributed by atoms with Crippen molar-refractivity contribution >= 4 is 11.9 Å². The van der Waals surface area contributed by atoms with E-state index in [1.165, 1.54) is 12.0 Å². The molecule has 0 aliphatic carbocycles. The molecular weight excluding hydrogens is 372 g/mol. The van der Waals surface area contributed by atoms with Gasteiger partial charge in [-0.15, -0.1) is 0 Å². The van der Waals surface area contributed by atoms with Crippen molar-refractivity contribution in [3.8, 4) is 0 Å². The van der Waals surface area contributed by atoms with E-state index in [4.69, 9.17) is 19.9 Å². The van der Waals surface area contributed by atoms with Crippen LogP contribution in [0.5, 0.6) is 0 Å². The number of carbonyl (C=O) groups is 2. The molecule has 1 amide bonds. The Bertz CT molecular complexity index is 659. The summed E-state index contributed by atoms with van der Waals surface area (Å²) in [4.78, 5) is 26.5. The molecule has 0 radical (unpaired) electrons. The number of nitrogens with zero attached hydrogens (tertiary/aromatic N) is 1. The second kappa shape index (κ2) is 10.7. The van der Waals surface area contributed by atoms with Gasteiger partial charge in [-0.05, 0) is 17.4 Å². The number of hydrogen-bond acceptors (Lipinski definition) is 6. The van der Waals surface area contributed by atoms with Gasteiger partial charge in [0.2, 0.25) is 5.91 Å². The standard InChI is InChI=1S/C22H34N2O5/c1-22(2,3)19(23)20(25)24-14-17(13-18(24)21(26)27-4)29-12-8-11-28-15-16-9-6-5-7-10-16/h5-7,9-10,17-19H,8,11-15,23H2,1-4H3. The van der Waals surface area contributed by atoms with Crippen LogP contribution in [0.1, 0.15) is 39.2 Å². The third kappa shape index (κ3) is 6.80. The first-order valence-corrected chi connectivity index (χ1v) is 10.1. The van der Waals surface area contributed by atoms with Crippen molar-refractivity contribution < 1.29 is 23.8 Å². The summed E-state index contributed by atoms with van der Waals surface area (Å²) in [7, 11) is 1.33. The smallest absolute Gasteiger partial charge is 0.328 e. The molecule has 162 valence electrons. The third-order valence-electron chi connectivity index (χ3n) is 5.12. The minimum absolute atomic E-state index is 0.218. The lowest BCUT2D eigenvalue weighted by Gasteiger charge is -2.32. The number of carbonyl (C=O) groups excluding carboxylic acids is 2. The molecule has 0 aromatic heterocycles. The second-order valence-electron chi connectivity index (χ2n) is 8.49. The van der Waals surface area contributed by atoms with Gasteiger partial charge in [0.15, 0.2) is 0 Å². The number of benzene rings is 1. The average molecular weight is 407 g/mol. The summed E-state index contributed by atoms with van der Waals surface area (Å²) >= 11 is 0. The Morgan fingerprint density at radius 3 is 2.52 bits per heavy atom. The summed E-state index contributed by atoms with van der Waals surface area (Å²) in [6, 6.07) is 8.64. The topological polar surface area (TPSA) is 91.1 Å². The number of ether oxygens (including phenoxy) is 3. The molecule has 0 saturated carbocycles. The zero-order valence-corrected chi connectivity index (χ0v) is 17.9. The van der Waals surface area contributed by atoms with Crippen LogP contribution in [0.25, 0.3) is 0 Å². The molecule has 7 nitrogen and oxygen atoms in total. The Labute approximate surface area is 173 Å². The molecule has 2 rings (SSSR count). The van der Waals surface area contributed by atoms with Crippen molar-refractivity contribution in [3.05, 3.63) is 35.9 Å². The van der Waals surface area contributed by atoms with Gasteiger partial charge in [0.25, 0.3) is 0 Å². The molecule has 1 aliphatic heterocycles. The number of amides is 1. The van der Waals surface area contributed by atoms with Crippen LogP contribution < -0.4 is 5.73 Å². The largest absolute Gasteiger partial charge is 0.467 e. The SMILES string of the molecule is COC(=O)C1CC(OCCCOCc2ccccc2)CN1C(=O)C(N)C(C)(C)C. The summed E-state index contributed by atoms with van der Waals surface area (Å²) in [6.07, 6.45) is 0.936. The van der Waals surface area contributed by atoms with Gasteiger partial charge in [0, 0.05) is 26.2 Å². The van der Waals surface area contributed by atoms with Gasteiger partial charge >= 0.3 is 5.97 Å². The first kappa shape index (κ1) is 23.3. The third-order valence-corrected chi connectivity index (χ3v) is 5.12. The Kier molecular flexibility index (Phi) is 8.61. The lowest BCUT2D eigenvalue weighted by molar-refractivity contribution is -0.152. The lowest BCUT2D eigenvalue weighted by atomic mass is 9.86. The van der Waals surface area contributed by atoms with Crippen LogP contribution in [0.2, 0.25) is 0 Å². The van der Waals surface area contributed by atoms with E-state index in [9.17, 15) is 9.59 Å². The van der Waals surface area contributed by atoms with Crippen molar-refractivity contribution in [2.24, 2.45) is 11.1 Å². The van der Waals surface area contributed by atoms with E-state index in [2.05, 4.69) is 0 Å². The maximum Gasteiger partial charge on any atom is 0.328 e. The van der Waals surface area contributed by atoms with Crippen LogP contribution in [0.15, 0.2) is 30.3 Å². The molecule has 2 N–H and O–H groups in total. The van der Waals surface area contributed by atoms with Crippen LogP contribution >= 0.6 is 0 Å². The lowest BCUT2D eigenvalue weighted by Crippen LogP contribution is -2.53. The van der Waals surface area contributed by atoms with Crippen molar-refractivity contribution in [3.63, 3.8) is 0 Å². The highest BCUT2D eigenvalue weighted by atomic mass is 16.5. The summed E-state index contributed by atoms with van der Waals surface area (Å²) in [5.41, 5.74) is 6.86. The monoisotopic (exact) mass is 406 g/mol. The molecular formula is C22H34N2O5. The van der Waals surface area contributed by atoms with Gasteiger partial charge in [-0.25, -0.2) is 4.79 Å². The summed E-state index contributed by atoms with van der Waals surface area (Å²) in [6.45, 7) is 7.71. The van der Waals surface area contributed by atoms with Crippen LogP contribution in [0, 0.1) is 5.41 Å². The van der Waals surface area contributed by atoms with Gasteiger partial charge in [0.05, 0.1) is 25.9 Å². The molecule has 1 saturated heterocycles. The van der Waals surface area contributed by atoms with Crippen LogP contribution in [-0.2, 0) is 30.4 Å². The molecule has 1 aliphatic rings. The Morgan fingerprint density at radius 2 is 1.90 bits per heavy atom. The van der Waals surface area contributed by atoms with Crippen molar-refractivity contribution in [1.82, 2.24) is 4.90 Å². The maximum absolute atomic E-state index is 12.8. The molecule has 0 bridgehead atoms. The summed E-state index contributed by atoms with van der Waals surface area (Å²) in [5.74, 6) is -0.679. The van der Waals surface area contributed by atoms with Crippen molar-refractivity contribution in [2.45, 2.75) is 58.4 Å². The first-order valence-electron chi connectivity index (χ1n) is 10.1. The molecule has 1 aromatic carbocycles. The predicted octanol–water partition coefficient (Wildman–Crippen LogP) is 2.13. The number of rotatable bonds is 9. The maximum atomic E-state index is 12.8. The van der Waals surface area contributed by atoms with E-state index in [0.717, 1.165) is 12.0 Å². The second-order valence-corrected chi connectivity index (χ2v) is 8.49. The fraction of sp³-hybridized carbons (Fsp3) is 0.636. The van der Waals surface area contributed by atoms with Gasteiger partial charge in [-0.3, -0.25) is 4.79 Å². The first-order chi connectivity index (χ1) is 13.7. The average Bonchev–Trinajstić information content (AvgIpc) is 3.13. The molecule has 29 heavy (non-hydrogen) atoms. The number of nitrogens with two attached hydrogens (primary N) is 1. The minimum Gasteiger partial charge on any atom is -0.467 e. The molecule has 0 spiro atoms. The van der Waals surface area contributed by atoms with E-state index < -0.39 is 23.5 Å². The van der Waals surface area contributed by atoms with Crippen LogP contribution in [0.4, 0.5) is 0 Å². The minimum atomic E-state index is -0.695. The van der Waals surface area contributed by atoms with Gasteiger partial charge in [-0.2, -0.15) is 0 Å². The Balaban J connectivity index is 1.79. The van der Waals surface area contributed by atoms with E-state index >= 15 is 0 Å². The normalized spacial score (nSPS) is 20.5. The van der Waals surface area contributed by atoms with E-state index in [0.29, 0.717) is 32.8 Å². The van der Waals surface area contributed by atoms with E-state index in [-0.39, 0.29) is 12.0 Å². The molecule has 1 heterocycles. The molecule has 3 unspecified atom stereocenters. The van der Waals surface area contributed by atoms with Crippen molar-refractivity contribution in [2.75, 3.05) is 26.9 Å².